The number of rotatable bonds is 5. The number of hydrogen-bond donors (Lipinski definition) is 0. The van der Waals surface area contributed by atoms with Crippen LogP contribution >= 0.6 is 11.3 Å². The molecule has 0 radical (unpaired) electrons. The number of aryl methyl sites for hydroxylation is 1. The molecule has 1 saturated heterocycles. The van der Waals surface area contributed by atoms with Gasteiger partial charge >= 0.3 is 0 Å². The number of likely N-dealkylation sites (tertiary alicyclic amines) is 1. The highest BCUT2D eigenvalue weighted by atomic mass is 32.1. The van der Waals surface area contributed by atoms with Crippen LogP contribution in [0.25, 0.3) is 0 Å². The molecule has 0 atom stereocenters. The van der Waals surface area contributed by atoms with Gasteiger partial charge in [0.25, 0.3) is 0 Å². The molecule has 1 aliphatic heterocycles. The van der Waals surface area contributed by atoms with Gasteiger partial charge in [-0.3, -0.25) is 9.78 Å². The van der Waals surface area contributed by atoms with Gasteiger partial charge in [0.15, 0.2) is 0 Å². The van der Waals surface area contributed by atoms with E-state index >= 15 is 0 Å². The van der Waals surface area contributed by atoms with Crippen LogP contribution in [0.4, 0.5) is 0 Å². The second-order valence-corrected chi connectivity index (χ2v) is 6.90. The van der Waals surface area contributed by atoms with Gasteiger partial charge in [-0.25, -0.2) is 0 Å². The van der Waals surface area contributed by atoms with Crippen LogP contribution in [0.3, 0.4) is 0 Å². The largest absolute Gasteiger partial charge is 0.343 e. The predicted molar refractivity (Wildman–Crippen MR) is 90.0 cm³/mol. The summed E-state index contributed by atoms with van der Waals surface area (Å²) in [4.78, 5) is 19.8. The Morgan fingerprint density at radius 1 is 1.23 bits per heavy atom. The Kier molecular flexibility index (Phi) is 5.22. The lowest BCUT2D eigenvalue weighted by molar-refractivity contribution is -0.132. The summed E-state index contributed by atoms with van der Waals surface area (Å²) in [6.45, 7) is 1.79. The molecule has 0 bridgehead atoms. The van der Waals surface area contributed by atoms with E-state index in [4.69, 9.17) is 0 Å². The smallest absolute Gasteiger partial charge is 0.222 e. The van der Waals surface area contributed by atoms with E-state index in [0.29, 0.717) is 18.2 Å². The van der Waals surface area contributed by atoms with E-state index in [1.807, 2.05) is 17.3 Å². The molecule has 3 rings (SSSR count). The number of piperidine rings is 1. The molecule has 1 fully saturated rings. The van der Waals surface area contributed by atoms with Crippen molar-refractivity contribution in [3.8, 4) is 0 Å². The maximum absolute atomic E-state index is 12.3. The van der Waals surface area contributed by atoms with Crippen LogP contribution in [-0.2, 0) is 11.2 Å². The van der Waals surface area contributed by atoms with E-state index < -0.39 is 0 Å². The van der Waals surface area contributed by atoms with Crippen LogP contribution in [-0.4, -0.2) is 28.9 Å². The van der Waals surface area contributed by atoms with Crippen molar-refractivity contribution in [3.05, 3.63) is 52.5 Å². The highest BCUT2D eigenvalue weighted by Crippen LogP contribution is 2.27. The summed E-state index contributed by atoms with van der Waals surface area (Å²) in [6, 6.07) is 8.42. The molecular weight excluding hydrogens is 292 g/mol. The molecule has 0 spiro atoms. The standard InChI is InChI=1S/C18H22N2OS/c21-18(5-1-3-17-4-2-14-22-17)20-12-8-16(9-13-20)15-6-10-19-11-7-15/h2,4,6-7,10-11,14,16H,1,3,5,8-9,12-13H2. The molecule has 22 heavy (non-hydrogen) atoms. The van der Waals surface area contributed by atoms with Gasteiger partial charge in [-0.15, -0.1) is 11.3 Å². The van der Waals surface area contributed by atoms with Crippen LogP contribution in [0.1, 0.15) is 42.0 Å². The minimum atomic E-state index is 0.324. The predicted octanol–water partition coefficient (Wildman–Crippen LogP) is 3.87. The molecule has 1 amide bonds. The molecule has 0 saturated carbocycles. The van der Waals surface area contributed by atoms with Crippen LogP contribution in [0, 0.1) is 0 Å². The summed E-state index contributed by atoms with van der Waals surface area (Å²) in [7, 11) is 0. The molecule has 0 N–H and O–H groups in total. The van der Waals surface area contributed by atoms with Gasteiger partial charge in [0, 0.05) is 36.8 Å². The van der Waals surface area contributed by atoms with Gasteiger partial charge in [-0.1, -0.05) is 6.07 Å². The van der Waals surface area contributed by atoms with Gasteiger partial charge in [-0.2, -0.15) is 0 Å². The minimum absolute atomic E-state index is 0.324. The monoisotopic (exact) mass is 314 g/mol. The Balaban J connectivity index is 1.42. The van der Waals surface area contributed by atoms with Crippen molar-refractivity contribution in [2.75, 3.05) is 13.1 Å². The SMILES string of the molecule is O=C(CCCc1cccs1)N1CCC(c2ccncc2)CC1. The molecule has 3 heterocycles. The summed E-state index contributed by atoms with van der Waals surface area (Å²) in [6.07, 6.45) is 8.52. The molecule has 4 heteroatoms. The van der Waals surface area contributed by atoms with Crippen LogP contribution in [0.15, 0.2) is 42.0 Å². The number of amides is 1. The molecule has 3 nitrogen and oxygen atoms in total. The summed E-state index contributed by atoms with van der Waals surface area (Å²) < 4.78 is 0. The van der Waals surface area contributed by atoms with Crippen molar-refractivity contribution in [2.24, 2.45) is 0 Å². The van der Waals surface area contributed by atoms with Crippen molar-refractivity contribution >= 4 is 17.2 Å². The molecule has 0 unspecified atom stereocenters. The molecule has 0 aromatic carbocycles. The Morgan fingerprint density at radius 2 is 2.00 bits per heavy atom. The van der Waals surface area contributed by atoms with Crippen LogP contribution < -0.4 is 0 Å². The lowest BCUT2D eigenvalue weighted by Gasteiger charge is -2.32. The quantitative estimate of drug-likeness (QED) is 0.839. The number of pyridine rings is 1. The van der Waals surface area contributed by atoms with Gasteiger partial charge in [0.05, 0.1) is 0 Å². The molecule has 0 aliphatic carbocycles. The average Bonchev–Trinajstić information content (AvgIpc) is 3.09. The Hall–Kier alpha value is -1.68. The normalized spacial score (nSPS) is 15.9. The lowest BCUT2D eigenvalue weighted by Crippen LogP contribution is -2.37. The number of carbonyl (C=O) groups excluding carboxylic acids is 1. The van der Waals surface area contributed by atoms with E-state index in [0.717, 1.165) is 38.8 Å². The number of carbonyl (C=O) groups is 1. The first-order valence-electron chi connectivity index (χ1n) is 8.03. The topological polar surface area (TPSA) is 33.2 Å². The van der Waals surface area contributed by atoms with Crippen LogP contribution in [0.2, 0.25) is 0 Å². The summed E-state index contributed by atoms with van der Waals surface area (Å²) >= 11 is 1.78. The molecular formula is C18H22N2OS. The zero-order valence-corrected chi connectivity index (χ0v) is 13.6. The fourth-order valence-corrected chi connectivity index (χ4v) is 3.88. The summed E-state index contributed by atoms with van der Waals surface area (Å²) in [5.74, 6) is 0.905. The number of hydrogen-bond acceptors (Lipinski definition) is 3. The van der Waals surface area contributed by atoms with Gasteiger partial charge in [-0.05, 0) is 60.7 Å². The van der Waals surface area contributed by atoms with E-state index in [2.05, 4.69) is 34.6 Å². The second kappa shape index (κ2) is 7.54. The van der Waals surface area contributed by atoms with Gasteiger partial charge in [0.1, 0.15) is 0 Å². The molecule has 2 aromatic heterocycles. The van der Waals surface area contributed by atoms with E-state index in [9.17, 15) is 4.79 Å². The van der Waals surface area contributed by atoms with E-state index in [1.165, 1.54) is 10.4 Å². The van der Waals surface area contributed by atoms with Gasteiger partial charge in [0.2, 0.25) is 5.91 Å². The van der Waals surface area contributed by atoms with Crippen molar-refractivity contribution in [1.82, 2.24) is 9.88 Å². The average molecular weight is 314 g/mol. The summed E-state index contributed by atoms with van der Waals surface area (Å²) in [5, 5.41) is 2.10. The first-order chi connectivity index (χ1) is 10.8. The third-order valence-corrected chi connectivity index (χ3v) is 5.36. The highest BCUT2D eigenvalue weighted by Gasteiger charge is 2.23. The van der Waals surface area contributed by atoms with Gasteiger partial charge < -0.3 is 4.90 Å². The fourth-order valence-electron chi connectivity index (χ4n) is 3.12. The Morgan fingerprint density at radius 3 is 2.68 bits per heavy atom. The number of nitrogens with zero attached hydrogens (tertiary/aromatic N) is 2. The Bertz CT molecular complexity index is 574. The first-order valence-corrected chi connectivity index (χ1v) is 8.91. The van der Waals surface area contributed by atoms with E-state index in [1.54, 1.807) is 11.3 Å². The zero-order valence-electron chi connectivity index (χ0n) is 12.8. The highest BCUT2D eigenvalue weighted by molar-refractivity contribution is 7.09. The molecule has 2 aromatic rings. The molecule has 116 valence electrons. The Labute approximate surface area is 136 Å². The number of thiophene rings is 1. The number of aromatic nitrogens is 1. The minimum Gasteiger partial charge on any atom is -0.343 e. The maximum atomic E-state index is 12.3. The summed E-state index contributed by atoms with van der Waals surface area (Å²) in [5.41, 5.74) is 1.36. The van der Waals surface area contributed by atoms with Crippen molar-refractivity contribution < 1.29 is 4.79 Å². The zero-order chi connectivity index (χ0) is 15.2. The molecule has 1 aliphatic rings. The van der Waals surface area contributed by atoms with Crippen molar-refractivity contribution in [2.45, 2.75) is 38.0 Å². The maximum Gasteiger partial charge on any atom is 0.222 e. The fraction of sp³-hybridized carbons (Fsp3) is 0.444. The first kappa shape index (κ1) is 15.2. The van der Waals surface area contributed by atoms with Crippen LogP contribution in [0.5, 0.6) is 0 Å². The van der Waals surface area contributed by atoms with E-state index in [-0.39, 0.29) is 0 Å². The van der Waals surface area contributed by atoms with Crippen molar-refractivity contribution in [3.63, 3.8) is 0 Å². The third kappa shape index (κ3) is 3.95. The van der Waals surface area contributed by atoms with Crippen molar-refractivity contribution in [1.29, 1.82) is 0 Å². The second-order valence-electron chi connectivity index (χ2n) is 5.87. The third-order valence-electron chi connectivity index (χ3n) is 4.42. The lowest BCUT2D eigenvalue weighted by atomic mass is 9.90.